The fraction of sp³-hybridized carbons (Fsp3) is 0.333. The number of hydrogen-bond donors (Lipinski definition) is 3. The Hall–Kier alpha value is -4.14. The van der Waals surface area contributed by atoms with Crippen molar-refractivity contribution < 1.29 is 28.7 Å². The van der Waals surface area contributed by atoms with Crippen molar-refractivity contribution in [3.63, 3.8) is 0 Å². The van der Waals surface area contributed by atoms with Crippen molar-refractivity contribution in [2.24, 2.45) is 0 Å². The lowest BCUT2D eigenvalue weighted by molar-refractivity contribution is -0.142. The SMILES string of the molecule is CCOC(=O)C1=C(COC(=O)CNC(=O)c2ccc(C(C)(C)C)cc2)NC(=O)NC1c1ccccc1. The summed E-state index contributed by atoms with van der Waals surface area (Å²) in [7, 11) is 0. The maximum absolute atomic E-state index is 12.7. The highest BCUT2D eigenvalue weighted by molar-refractivity contribution is 5.96. The molecule has 9 nitrogen and oxygen atoms in total. The van der Waals surface area contributed by atoms with E-state index < -0.39 is 29.9 Å². The first kappa shape index (κ1) is 26.5. The second kappa shape index (κ2) is 11.5. The molecule has 0 aromatic heterocycles. The maximum atomic E-state index is 12.7. The van der Waals surface area contributed by atoms with Gasteiger partial charge in [0.1, 0.15) is 13.2 Å². The molecule has 3 rings (SSSR count). The van der Waals surface area contributed by atoms with E-state index in [1.165, 1.54) is 0 Å². The Labute approximate surface area is 210 Å². The zero-order valence-electron chi connectivity index (χ0n) is 20.8. The van der Waals surface area contributed by atoms with Crippen LogP contribution in [0.2, 0.25) is 0 Å². The van der Waals surface area contributed by atoms with E-state index >= 15 is 0 Å². The highest BCUT2D eigenvalue weighted by Gasteiger charge is 2.34. The van der Waals surface area contributed by atoms with E-state index in [-0.39, 0.29) is 36.4 Å². The molecule has 0 bridgehead atoms. The molecule has 1 atom stereocenters. The average Bonchev–Trinajstić information content (AvgIpc) is 2.85. The van der Waals surface area contributed by atoms with E-state index in [4.69, 9.17) is 9.47 Å². The molecule has 9 heteroatoms. The van der Waals surface area contributed by atoms with Crippen LogP contribution in [-0.4, -0.2) is 43.6 Å². The Morgan fingerprint density at radius 2 is 1.64 bits per heavy atom. The molecule has 2 aromatic carbocycles. The fourth-order valence-corrected chi connectivity index (χ4v) is 3.66. The summed E-state index contributed by atoms with van der Waals surface area (Å²) in [5.74, 6) is -1.79. The van der Waals surface area contributed by atoms with Gasteiger partial charge in [0.15, 0.2) is 0 Å². The first-order chi connectivity index (χ1) is 17.1. The van der Waals surface area contributed by atoms with E-state index in [0.29, 0.717) is 11.1 Å². The van der Waals surface area contributed by atoms with Crippen molar-refractivity contribution in [2.75, 3.05) is 19.8 Å². The monoisotopic (exact) mass is 493 g/mol. The molecule has 0 saturated carbocycles. The van der Waals surface area contributed by atoms with Crippen molar-refractivity contribution in [1.29, 1.82) is 0 Å². The van der Waals surface area contributed by atoms with Gasteiger partial charge in [-0.15, -0.1) is 0 Å². The Bertz CT molecular complexity index is 1150. The van der Waals surface area contributed by atoms with Gasteiger partial charge in [0.2, 0.25) is 0 Å². The minimum Gasteiger partial charge on any atom is -0.463 e. The van der Waals surface area contributed by atoms with E-state index in [0.717, 1.165) is 5.56 Å². The van der Waals surface area contributed by atoms with Crippen molar-refractivity contribution in [1.82, 2.24) is 16.0 Å². The van der Waals surface area contributed by atoms with E-state index in [9.17, 15) is 19.2 Å². The number of esters is 2. The number of rotatable bonds is 8. The molecule has 3 amide bonds. The van der Waals surface area contributed by atoms with Crippen LogP contribution in [0, 0.1) is 0 Å². The summed E-state index contributed by atoms with van der Waals surface area (Å²) in [5, 5.41) is 7.76. The molecule has 0 aliphatic carbocycles. The maximum Gasteiger partial charge on any atom is 0.338 e. The van der Waals surface area contributed by atoms with E-state index in [1.807, 2.05) is 18.2 Å². The molecule has 190 valence electrons. The van der Waals surface area contributed by atoms with Crippen LogP contribution in [0.25, 0.3) is 0 Å². The fourth-order valence-electron chi connectivity index (χ4n) is 3.66. The lowest BCUT2D eigenvalue weighted by Gasteiger charge is -2.29. The van der Waals surface area contributed by atoms with Crippen molar-refractivity contribution in [2.45, 2.75) is 39.2 Å². The van der Waals surface area contributed by atoms with Crippen LogP contribution in [-0.2, 0) is 24.5 Å². The number of carbonyl (C=O) groups is 4. The van der Waals surface area contributed by atoms with Crippen LogP contribution in [0.15, 0.2) is 65.9 Å². The van der Waals surface area contributed by atoms with Crippen LogP contribution in [0.1, 0.15) is 55.2 Å². The Balaban J connectivity index is 1.67. The number of hydrogen-bond acceptors (Lipinski definition) is 6. The molecule has 1 heterocycles. The molecule has 0 spiro atoms. The molecule has 2 aromatic rings. The summed E-state index contributed by atoms with van der Waals surface area (Å²) >= 11 is 0. The van der Waals surface area contributed by atoms with Crippen LogP contribution >= 0.6 is 0 Å². The van der Waals surface area contributed by atoms with E-state index in [2.05, 4.69) is 36.7 Å². The van der Waals surface area contributed by atoms with Gasteiger partial charge in [-0.3, -0.25) is 9.59 Å². The summed E-state index contributed by atoms with van der Waals surface area (Å²) in [6.45, 7) is 7.28. The normalized spacial score (nSPS) is 15.4. The lowest BCUT2D eigenvalue weighted by atomic mass is 9.87. The Morgan fingerprint density at radius 3 is 2.25 bits per heavy atom. The third kappa shape index (κ3) is 6.71. The first-order valence-electron chi connectivity index (χ1n) is 11.7. The van der Waals surface area contributed by atoms with Crippen molar-refractivity contribution >= 4 is 23.9 Å². The van der Waals surface area contributed by atoms with Gasteiger partial charge in [-0.05, 0) is 35.6 Å². The van der Waals surface area contributed by atoms with Crippen molar-refractivity contribution in [3.8, 4) is 0 Å². The predicted octanol–water partition coefficient (Wildman–Crippen LogP) is 3.13. The average molecular weight is 494 g/mol. The summed E-state index contributed by atoms with van der Waals surface area (Å²) in [4.78, 5) is 49.8. The zero-order chi connectivity index (χ0) is 26.3. The summed E-state index contributed by atoms with van der Waals surface area (Å²) in [5.41, 5.74) is 2.38. The minimum absolute atomic E-state index is 0.0422. The number of benzene rings is 2. The molecule has 0 radical (unpaired) electrons. The van der Waals surface area contributed by atoms with Gasteiger partial charge in [0.25, 0.3) is 5.91 Å². The Morgan fingerprint density at radius 1 is 0.972 bits per heavy atom. The quantitative estimate of drug-likeness (QED) is 0.486. The Kier molecular flexibility index (Phi) is 8.47. The number of nitrogens with one attached hydrogen (secondary N) is 3. The molecular formula is C27H31N3O6. The van der Waals surface area contributed by atoms with Gasteiger partial charge in [0.05, 0.1) is 23.9 Å². The second-order valence-corrected chi connectivity index (χ2v) is 9.23. The zero-order valence-corrected chi connectivity index (χ0v) is 20.8. The molecule has 1 aliphatic rings. The van der Waals surface area contributed by atoms with Crippen molar-refractivity contribution in [3.05, 3.63) is 82.6 Å². The molecule has 0 fully saturated rings. The number of amides is 3. The third-order valence-electron chi connectivity index (χ3n) is 5.57. The largest absolute Gasteiger partial charge is 0.463 e. The molecule has 36 heavy (non-hydrogen) atoms. The smallest absolute Gasteiger partial charge is 0.338 e. The molecule has 3 N–H and O–H groups in total. The second-order valence-electron chi connectivity index (χ2n) is 9.23. The van der Waals surface area contributed by atoms with Gasteiger partial charge in [-0.1, -0.05) is 63.2 Å². The summed E-state index contributed by atoms with van der Waals surface area (Å²) < 4.78 is 10.4. The first-order valence-corrected chi connectivity index (χ1v) is 11.7. The van der Waals surface area contributed by atoms with Gasteiger partial charge in [-0.25, -0.2) is 9.59 Å². The van der Waals surface area contributed by atoms with Gasteiger partial charge in [0, 0.05) is 5.56 Å². The molecule has 0 saturated heterocycles. The van der Waals surface area contributed by atoms with Gasteiger partial charge >= 0.3 is 18.0 Å². The molecular weight excluding hydrogens is 462 g/mol. The highest BCUT2D eigenvalue weighted by Crippen LogP contribution is 2.28. The number of ether oxygens (including phenoxy) is 2. The molecule has 1 aliphatic heterocycles. The van der Waals surface area contributed by atoms with Crippen LogP contribution in [0.5, 0.6) is 0 Å². The van der Waals surface area contributed by atoms with Gasteiger partial charge in [-0.2, -0.15) is 0 Å². The summed E-state index contributed by atoms with van der Waals surface area (Å²) in [6.07, 6.45) is 0. The minimum atomic E-state index is -0.775. The van der Waals surface area contributed by atoms with E-state index in [1.54, 1.807) is 43.3 Å². The highest BCUT2D eigenvalue weighted by atomic mass is 16.5. The van der Waals surface area contributed by atoms with Crippen LogP contribution in [0.3, 0.4) is 0 Å². The standard InChI is InChI=1S/C27H31N3O6/c1-5-35-25(33)22-20(29-26(34)30-23(22)17-9-7-6-8-10-17)16-36-21(31)15-28-24(32)18-11-13-19(14-12-18)27(2,3)4/h6-14,23H,5,15-16H2,1-4H3,(H,28,32)(H2,29,30,34). The summed E-state index contributed by atoms with van der Waals surface area (Å²) in [6, 6.07) is 14.7. The predicted molar refractivity (Wildman–Crippen MR) is 133 cm³/mol. The molecule has 1 unspecified atom stereocenters. The third-order valence-corrected chi connectivity index (χ3v) is 5.57. The number of urea groups is 1. The topological polar surface area (TPSA) is 123 Å². The van der Waals surface area contributed by atoms with Crippen LogP contribution < -0.4 is 16.0 Å². The van der Waals surface area contributed by atoms with Crippen LogP contribution in [0.4, 0.5) is 4.79 Å². The number of carbonyl (C=O) groups excluding carboxylic acids is 4. The van der Waals surface area contributed by atoms with Gasteiger partial charge < -0.3 is 25.4 Å². The lowest BCUT2D eigenvalue weighted by Crippen LogP contribution is -2.47.